The fourth-order valence-corrected chi connectivity index (χ4v) is 4.35. The Kier molecular flexibility index (Phi) is 3.18. The molecule has 1 N–H and O–H groups in total. The third-order valence-electron chi connectivity index (χ3n) is 3.65. The summed E-state index contributed by atoms with van der Waals surface area (Å²) in [5, 5.41) is 0. The van der Waals surface area contributed by atoms with Gasteiger partial charge in [-0.2, -0.15) is 4.31 Å². The van der Waals surface area contributed by atoms with Crippen LogP contribution in [-0.4, -0.2) is 30.8 Å². The van der Waals surface area contributed by atoms with Crippen LogP contribution in [0.15, 0.2) is 26.2 Å². The Hall–Kier alpha value is -1.60. The first kappa shape index (κ1) is 13.4. The van der Waals surface area contributed by atoms with Crippen molar-refractivity contribution in [3.8, 4) is 0 Å². The standard InChI is InChI=1S/C13H16N2O4S/c1-9-7-10-11(19-13(16)14-10)8-12(9)20(17,18)15-5-3-2-4-6-15/h7-8H,2-6H2,1H3,(H,14,16). The van der Waals surface area contributed by atoms with Gasteiger partial charge in [-0.05, 0) is 31.4 Å². The molecule has 1 saturated heterocycles. The number of H-pyrrole nitrogens is 1. The van der Waals surface area contributed by atoms with Gasteiger partial charge in [-0.25, -0.2) is 13.2 Å². The largest absolute Gasteiger partial charge is 0.417 e. The highest BCUT2D eigenvalue weighted by molar-refractivity contribution is 7.89. The molecule has 0 unspecified atom stereocenters. The Labute approximate surface area is 116 Å². The highest BCUT2D eigenvalue weighted by atomic mass is 32.2. The number of hydrogen-bond donors (Lipinski definition) is 1. The van der Waals surface area contributed by atoms with E-state index in [9.17, 15) is 13.2 Å². The second kappa shape index (κ2) is 4.75. The lowest BCUT2D eigenvalue weighted by atomic mass is 10.2. The van der Waals surface area contributed by atoms with Crippen molar-refractivity contribution in [2.24, 2.45) is 0 Å². The number of oxazole rings is 1. The molecule has 7 heteroatoms. The van der Waals surface area contributed by atoms with Crippen molar-refractivity contribution >= 4 is 21.1 Å². The molecule has 0 amide bonds. The van der Waals surface area contributed by atoms with Crippen LogP contribution in [0.2, 0.25) is 0 Å². The van der Waals surface area contributed by atoms with Crippen molar-refractivity contribution in [1.29, 1.82) is 0 Å². The minimum absolute atomic E-state index is 0.217. The smallest absolute Gasteiger partial charge is 0.408 e. The first-order chi connectivity index (χ1) is 9.48. The molecule has 20 heavy (non-hydrogen) atoms. The van der Waals surface area contributed by atoms with Gasteiger partial charge < -0.3 is 4.42 Å². The topological polar surface area (TPSA) is 83.4 Å². The lowest BCUT2D eigenvalue weighted by Crippen LogP contribution is -2.35. The number of aromatic nitrogens is 1. The number of aromatic amines is 1. The summed E-state index contributed by atoms with van der Waals surface area (Å²) in [5.74, 6) is -0.577. The number of nitrogens with one attached hydrogen (secondary N) is 1. The van der Waals surface area contributed by atoms with Crippen molar-refractivity contribution in [3.05, 3.63) is 28.2 Å². The van der Waals surface area contributed by atoms with Gasteiger partial charge in [-0.1, -0.05) is 6.42 Å². The molecule has 0 atom stereocenters. The lowest BCUT2D eigenvalue weighted by Gasteiger charge is -2.26. The molecule has 0 radical (unpaired) electrons. The summed E-state index contributed by atoms with van der Waals surface area (Å²) in [6.07, 6.45) is 2.84. The molecule has 0 saturated carbocycles. The summed E-state index contributed by atoms with van der Waals surface area (Å²) < 4.78 is 31.8. The predicted octanol–water partition coefficient (Wildman–Crippen LogP) is 1.60. The first-order valence-corrected chi connectivity index (χ1v) is 8.06. The van der Waals surface area contributed by atoms with Gasteiger partial charge in [0.05, 0.1) is 10.4 Å². The van der Waals surface area contributed by atoms with Crippen LogP contribution in [0.25, 0.3) is 11.1 Å². The Morgan fingerprint density at radius 1 is 1.20 bits per heavy atom. The van der Waals surface area contributed by atoms with Crippen LogP contribution >= 0.6 is 0 Å². The average Bonchev–Trinajstić information content (AvgIpc) is 2.78. The zero-order chi connectivity index (χ0) is 14.3. The zero-order valence-electron chi connectivity index (χ0n) is 11.2. The molecule has 0 aliphatic carbocycles. The minimum atomic E-state index is -3.52. The fraction of sp³-hybridized carbons (Fsp3) is 0.462. The van der Waals surface area contributed by atoms with Crippen LogP contribution in [0.3, 0.4) is 0 Å². The fourth-order valence-electron chi connectivity index (χ4n) is 2.61. The highest BCUT2D eigenvalue weighted by Gasteiger charge is 2.28. The molecular formula is C13H16N2O4S. The minimum Gasteiger partial charge on any atom is -0.408 e. The molecule has 2 heterocycles. The van der Waals surface area contributed by atoms with E-state index in [0.717, 1.165) is 19.3 Å². The molecule has 1 aromatic heterocycles. The summed E-state index contributed by atoms with van der Waals surface area (Å²) in [4.78, 5) is 13.9. The average molecular weight is 296 g/mol. The van der Waals surface area contributed by atoms with E-state index in [4.69, 9.17) is 4.42 Å². The van der Waals surface area contributed by atoms with Gasteiger partial charge in [0.25, 0.3) is 0 Å². The number of fused-ring (bicyclic) bond motifs is 1. The lowest BCUT2D eigenvalue weighted by molar-refractivity contribution is 0.346. The quantitative estimate of drug-likeness (QED) is 0.912. The maximum atomic E-state index is 12.7. The number of aryl methyl sites for hydroxylation is 1. The van der Waals surface area contributed by atoms with Gasteiger partial charge in [0.15, 0.2) is 5.58 Å². The van der Waals surface area contributed by atoms with Crippen LogP contribution in [0.5, 0.6) is 0 Å². The summed E-state index contributed by atoms with van der Waals surface area (Å²) in [6, 6.07) is 3.07. The van der Waals surface area contributed by atoms with Gasteiger partial charge in [0, 0.05) is 19.2 Å². The first-order valence-electron chi connectivity index (χ1n) is 6.62. The summed E-state index contributed by atoms with van der Waals surface area (Å²) in [6.45, 7) is 2.83. The molecule has 108 valence electrons. The van der Waals surface area contributed by atoms with E-state index in [0.29, 0.717) is 24.2 Å². The molecule has 2 aromatic rings. The summed E-state index contributed by atoms with van der Waals surface area (Å²) >= 11 is 0. The van der Waals surface area contributed by atoms with Crippen molar-refractivity contribution in [2.45, 2.75) is 31.1 Å². The maximum absolute atomic E-state index is 12.7. The van der Waals surface area contributed by atoms with E-state index in [1.165, 1.54) is 10.4 Å². The Morgan fingerprint density at radius 3 is 2.60 bits per heavy atom. The van der Waals surface area contributed by atoms with Crippen molar-refractivity contribution in [3.63, 3.8) is 0 Å². The summed E-state index contributed by atoms with van der Waals surface area (Å²) in [7, 11) is -3.52. The predicted molar refractivity (Wildman–Crippen MR) is 74.2 cm³/mol. The van der Waals surface area contributed by atoms with Crippen LogP contribution in [0.4, 0.5) is 0 Å². The number of benzene rings is 1. The van der Waals surface area contributed by atoms with Crippen molar-refractivity contribution in [2.75, 3.05) is 13.1 Å². The van der Waals surface area contributed by atoms with E-state index >= 15 is 0 Å². The number of nitrogens with zero attached hydrogens (tertiary/aromatic N) is 1. The van der Waals surface area contributed by atoms with E-state index in [2.05, 4.69) is 4.98 Å². The van der Waals surface area contributed by atoms with Crippen molar-refractivity contribution in [1.82, 2.24) is 9.29 Å². The second-order valence-corrected chi connectivity index (χ2v) is 7.00. The van der Waals surface area contributed by atoms with Crippen molar-refractivity contribution < 1.29 is 12.8 Å². The normalized spacial score (nSPS) is 17.6. The van der Waals surface area contributed by atoms with E-state index in [1.54, 1.807) is 13.0 Å². The zero-order valence-corrected chi connectivity index (χ0v) is 12.0. The van der Waals surface area contributed by atoms with Gasteiger partial charge in [0.2, 0.25) is 10.0 Å². The molecule has 1 aromatic carbocycles. The highest BCUT2D eigenvalue weighted by Crippen LogP contribution is 2.26. The monoisotopic (exact) mass is 296 g/mol. The third kappa shape index (κ3) is 2.16. The number of sulfonamides is 1. The number of piperidine rings is 1. The molecule has 1 fully saturated rings. The Morgan fingerprint density at radius 2 is 1.90 bits per heavy atom. The molecule has 0 bridgehead atoms. The molecule has 6 nitrogen and oxygen atoms in total. The Balaban J connectivity index is 2.12. The molecule has 3 rings (SSSR count). The number of hydrogen-bond acceptors (Lipinski definition) is 4. The molecule has 1 aliphatic heterocycles. The molecular weight excluding hydrogens is 280 g/mol. The third-order valence-corrected chi connectivity index (χ3v) is 5.69. The second-order valence-electron chi connectivity index (χ2n) is 5.09. The summed E-state index contributed by atoms with van der Waals surface area (Å²) in [5.41, 5.74) is 1.40. The van der Waals surface area contributed by atoms with Gasteiger partial charge in [-0.3, -0.25) is 4.98 Å². The number of rotatable bonds is 2. The SMILES string of the molecule is Cc1cc2[nH]c(=O)oc2cc1S(=O)(=O)N1CCCCC1. The van der Waals surface area contributed by atoms with Gasteiger partial charge in [0.1, 0.15) is 0 Å². The Bertz CT molecular complexity index is 797. The molecule has 0 spiro atoms. The molecule has 1 aliphatic rings. The van der Waals surface area contributed by atoms with Gasteiger partial charge in [-0.15, -0.1) is 0 Å². The maximum Gasteiger partial charge on any atom is 0.417 e. The van der Waals surface area contributed by atoms with Crippen LogP contribution in [0, 0.1) is 6.92 Å². The van der Waals surface area contributed by atoms with Gasteiger partial charge >= 0.3 is 5.76 Å². The van der Waals surface area contributed by atoms with Crippen LogP contribution in [0.1, 0.15) is 24.8 Å². The van der Waals surface area contributed by atoms with E-state index < -0.39 is 15.8 Å². The van der Waals surface area contributed by atoms with E-state index in [-0.39, 0.29) is 10.5 Å². The van der Waals surface area contributed by atoms with Crippen LogP contribution < -0.4 is 5.76 Å². The van der Waals surface area contributed by atoms with Crippen LogP contribution in [-0.2, 0) is 10.0 Å². The van der Waals surface area contributed by atoms with E-state index in [1.807, 2.05) is 0 Å².